The highest BCUT2D eigenvalue weighted by molar-refractivity contribution is 5.84. The Balaban J connectivity index is 2.25. The van der Waals surface area contributed by atoms with E-state index in [4.69, 9.17) is 4.74 Å². The van der Waals surface area contributed by atoms with Crippen LogP contribution in [0.5, 0.6) is 0 Å². The van der Waals surface area contributed by atoms with Crippen LogP contribution < -0.4 is 0 Å². The Morgan fingerprint density at radius 2 is 2.46 bits per heavy atom. The number of carbonyl (C=O) groups is 1. The summed E-state index contributed by atoms with van der Waals surface area (Å²) in [5, 5.41) is 5.67. The highest BCUT2D eigenvalue weighted by Crippen LogP contribution is 2.34. The summed E-state index contributed by atoms with van der Waals surface area (Å²) in [4.78, 5) is 11.5. The van der Waals surface area contributed by atoms with Gasteiger partial charge >= 0.3 is 0 Å². The van der Waals surface area contributed by atoms with E-state index in [1.165, 1.54) is 5.01 Å². The molecular formula is C9H14N2O2. The second-order valence-electron chi connectivity index (χ2n) is 3.68. The number of hydrazone groups is 1. The minimum Gasteiger partial charge on any atom is -0.451 e. The highest BCUT2D eigenvalue weighted by atomic mass is 16.6. The van der Waals surface area contributed by atoms with Gasteiger partial charge in [0.1, 0.15) is 0 Å². The first kappa shape index (κ1) is 8.53. The smallest absolute Gasteiger partial charge is 0.246 e. The van der Waals surface area contributed by atoms with Crippen LogP contribution in [0.1, 0.15) is 39.5 Å². The van der Waals surface area contributed by atoms with Gasteiger partial charge in [-0.05, 0) is 13.3 Å². The van der Waals surface area contributed by atoms with Gasteiger partial charge in [-0.15, -0.1) is 5.10 Å². The summed E-state index contributed by atoms with van der Waals surface area (Å²) in [5.41, 5.74) is -0.485. The maximum atomic E-state index is 11.5. The molecule has 1 amide bonds. The van der Waals surface area contributed by atoms with Gasteiger partial charge in [0.05, 0.1) is 0 Å². The van der Waals surface area contributed by atoms with E-state index in [0.717, 1.165) is 19.3 Å². The largest absolute Gasteiger partial charge is 0.451 e. The van der Waals surface area contributed by atoms with Crippen LogP contribution >= 0.6 is 0 Å². The molecule has 1 atom stereocenters. The minimum atomic E-state index is -0.485. The molecule has 13 heavy (non-hydrogen) atoms. The molecule has 0 aromatic carbocycles. The number of nitrogens with zero attached hydrogens (tertiary/aromatic N) is 2. The average molecular weight is 182 g/mol. The zero-order valence-corrected chi connectivity index (χ0v) is 8.04. The Morgan fingerprint density at radius 3 is 3.08 bits per heavy atom. The highest BCUT2D eigenvalue weighted by Gasteiger charge is 2.45. The topological polar surface area (TPSA) is 41.9 Å². The first-order chi connectivity index (χ1) is 6.15. The van der Waals surface area contributed by atoms with Gasteiger partial charge in [0.25, 0.3) is 0 Å². The van der Waals surface area contributed by atoms with Crippen LogP contribution in [-0.4, -0.2) is 22.5 Å². The normalized spacial score (nSPS) is 32.6. The number of hydrogen-bond acceptors (Lipinski definition) is 3. The molecular weight excluding hydrogens is 168 g/mol. The zero-order chi connectivity index (χ0) is 9.47. The molecule has 0 saturated carbocycles. The molecule has 72 valence electrons. The van der Waals surface area contributed by atoms with Crippen molar-refractivity contribution in [2.24, 2.45) is 5.10 Å². The molecule has 0 aromatic heterocycles. The summed E-state index contributed by atoms with van der Waals surface area (Å²) >= 11 is 0. The first-order valence-corrected chi connectivity index (χ1v) is 4.75. The lowest BCUT2D eigenvalue weighted by Crippen LogP contribution is -2.47. The van der Waals surface area contributed by atoms with Crippen molar-refractivity contribution in [3.05, 3.63) is 0 Å². The van der Waals surface area contributed by atoms with Crippen molar-refractivity contribution >= 4 is 11.8 Å². The molecule has 4 nitrogen and oxygen atoms in total. The third-order valence-electron chi connectivity index (χ3n) is 2.57. The van der Waals surface area contributed by atoms with E-state index in [1.807, 2.05) is 13.8 Å². The maximum absolute atomic E-state index is 11.5. The molecule has 0 aliphatic carbocycles. The standard InChI is InChI=1S/C9H14N2O2/c1-3-7-10-11-8(12)5-4-6-9(11,2)13-7/h3-6H2,1-2H3. The molecule has 1 saturated heterocycles. The van der Waals surface area contributed by atoms with Crippen LogP contribution in [0, 0.1) is 0 Å². The number of amides is 1. The molecule has 2 heterocycles. The monoisotopic (exact) mass is 182 g/mol. The lowest BCUT2D eigenvalue weighted by atomic mass is 10.0. The first-order valence-electron chi connectivity index (χ1n) is 4.75. The van der Waals surface area contributed by atoms with Crippen molar-refractivity contribution in [3.63, 3.8) is 0 Å². The van der Waals surface area contributed by atoms with E-state index in [9.17, 15) is 4.79 Å². The summed E-state index contributed by atoms with van der Waals surface area (Å²) < 4.78 is 5.63. The second kappa shape index (κ2) is 2.72. The summed E-state index contributed by atoms with van der Waals surface area (Å²) in [6.07, 6.45) is 3.13. The molecule has 2 aliphatic rings. The van der Waals surface area contributed by atoms with Crippen molar-refractivity contribution in [1.29, 1.82) is 0 Å². The fraction of sp³-hybridized carbons (Fsp3) is 0.778. The maximum Gasteiger partial charge on any atom is 0.246 e. The van der Waals surface area contributed by atoms with Gasteiger partial charge in [-0.25, -0.2) is 0 Å². The molecule has 0 spiro atoms. The van der Waals surface area contributed by atoms with Crippen LogP contribution in [0.3, 0.4) is 0 Å². The summed E-state index contributed by atoms with van der Waals surface area (Å²) in [7, 11) is 0. The lowest BCUT2D eigenvalue weighted by molar-refractivity contribution is -0.154. The second-order valence-corrected chi connectivity index (χ2v) is 3.68. The Kier molecular flexibility index (Phi) is 1.78. The van der Waals surface area contributed by atoms with E-state index < -0.39 is 5.72 Å². The van der Waals surface area contributed by atoms with Crippen molar-refractivity contribution in [3.8, 4) is 0 Å². The zero-order valence-electron chi connectivity index (χ0n) is 8.04. The number of fused-ring (bicyclic) bond motifs is 1. The van der Waals surface area contributed by atoms with Crippen LogP contribution in [-0.2, 0) is 9.53 Å². The van der Waals surface area contributed by atoms with E-state index in [0.29, 0.717) is 12.3 Å². The molecule has 2 aliphatic heterocycles. The average Bonchev–Trinajstić information content (AvgIpc) is 2.43. The van der Waals surface area contributed by atoms with Gasteiger partial charge < -0.3 is 4.74 Å². The van der Waals surface area contributed by atoms with E-state index in [1.54, 1.807) is 0 Å². The van der Waals surface area contributed by atoms with Gasteiger partial charge in [0.15, 0.2) is 0 Å². The van der Waals surface area contributed by atoms with Gasteiger partial charge in [-0.1, -0.05) is 6.92 Å². The Morgan fingerprint density at radius 1 is 1.69 bits per heavy atom. The van der Waals surface area contributed by atoms with Gasteiger partial charge in [-0.2, -0.15) is 5.01 Å². The number of carbonyl (C=O) groups excluding carboxylic acids is 1. The third-order valence-corrected chi connectivity index (χ3v) is 2.57. The predicted octanol–water partition coefficient (Wildman–Crippen LogP) is 1.47. The number of rotatable bonds is 1. The molecule has 2 rings (SSSR count). The van der Waals surface area contributed by atoms with Crippen LogP contribution in [0.25, 0.3) is 0 Å². The molecule has 4 heteroatoms. The van der Waals surface area contributed by atoms with Gasteiger partial charge in [0.2, 0.25) is 17.5 Å². The number of hydrogen-bond donors (Lipinski definition) is 0. The fourth-order valence-corrected chi connectivity index (χ4v) is 1.83. The van der Waals surface area contributed by atoms with E-state index in [2.05, 4.69) is 5.10 Å². The molecule has 1 fully saturated rings. The summed E-state index contributed by atoms with van der Waals surface area (Å²) in [6.45, 7) is 3.90. The molecule has 0 aromatic rings. The molecule has 0 bridgehead atoms. The number of piperidine rings is 1. The van der Waals surface area contributed by atoms with Crippen LogP contribution in [0.15, 0.2) is 5.10 Å². The third kappa shape index (κ3) is 1.20. The summed E-state index contributed by atoms with van der Waals surface area (Å²) in [5.74, 6) is 0.759. The van der Waals surface area contributed by atoms with Crippen molar-refractivity contribution in [1.82, 2.24) is 5.01 Å². The lowest BCUT2D eigenvalue weighted by Gasteiger charge is -2.34. The van der Waals surface area contributed by atoms with Crippen LogP contribution in [0.4, 0.5) is 0 Å². The quantitative estimate of drug-likeness (QED) is 0.616. The molecule has 0 N–H and O–H groups in total. The number of ether oxygens (including phenoxy) is 1. The Labute approximate surface area is 77.5 Å². The fourth-order valence-electron chi connectivity index (χ4n) is 1.83. The van der Waals surface area contributed by atoms with Gasteiger partial charge in [0, 0.05) is 19.3 Å². The Hall–Kier alpha value is -1.06. The molecule has 1 unspecified atom stereocenters. The minimum absolute atomic E-state index is 0.0807. The molecule has 0 radical (unpaired) electrons. The van der Waals surface area contributed by atoms with E-state index >= 15 is 0 Å². The SMILES string of the molecule is CCC1=NN2C(=O)CCCC2(C)O1. The van der Waals surface area contributed by atoms with Crippen molar-refractivity contribution < 1.29 is 9.53 Å². The van der Waals surface area contributed by atoms with Gasteiger partial charge in [-0.3, -0.25) is 4.79 Å². The Bertz CT molecular complexity index is 275. The summed E-state index contributed by atoms with van der Waals surface area (Å²) in [6, 6.07) is 0. The van der Waals surface area contributed by atoms with E-state index in [-0.39, 0.29) is 5.91 Å². The predicted molar refractivity (Wildman–Crippen MR) is 47.9 cm³/mol. The van der Waals surface area contributed by atoms with Crippen molar-refractivity contribution in [2.75, 3.05) is 0 Å². The van der Waals surface area contributed by atoms with Crippen LogP contribution in [0.2, 0.25) is 0 Å². The van der Waals surface area contributed by atoms with Crippen molar-refractivity contribution in [2.45, 2.75) is 45.3 Å².